The summed E-state index contributed by atoms with van der Waals surface area (Å²) < 4.78 is 16.4. The Hall–Kier alpha value is -3.75. The minimum Gasteiger partial charge on any atom is -0.504 e. The minimum atomic E-state index is -1.98. The van der Waals surface area contributed by atoms with Crippen molar-refractivity contribution >= 4 is 5.91 Å². The highest BCUT2D eigenvalue weighted by molar-refractivity contribution is 5.82. The van der Waals surface area contributed by atoms with Gasteiger partial charge in [0.1, 0.15) is 23.2 Å². The smallest absolute Gasteiger partial charge is 0.223 e. The van der Waals surface area contributed by atoms with E-state index >= 15 is 0 Å². The van der Waals surface area contributed by atoms with Crippen LogP contribution in [0.2, 0.25) is 0 Å². The van der Waals surface area contributed by atoms with E-state index < -0.39 is 34.9 Å². The van der Waals surface area contributed by atoms with Crippen LogP contribution in [-0.2, 0) is 22.2 Å². The van der Waals surface area contributed by atoms with Gasteiger partial charge in [-0.15, -0.1) is 0 Å². The number of phenols is 1. The average molecular weight is 492 g/mol. The molecule has 5 atom stereocenters. The lowest BCUT2D eigenvalue weighted by Crippen LogP contribution is -2.50. The van der Waals surface area contributed by atoms with Crippen LogP contribution in [-0.4, -0.2) is 48.7 Å². The standard InChI is InChI=1S/C28H29NO7/c1-34-18-11-16-14-27(17-9-10-20(35-2)19(30)12-17)24(15-7-5-4-6-8-15)22(26(29)32)25(31)28(27,33)23(16)21(13-18)36-3/h4-13,22,24-25,30-31,33H,14H2,1-3H3,(H2,29,32)/t22-,24-,25-,27-,28+/m1/s1. The number of rotatable bonds is 6. The van der Waals surface area contributed by atoms with Gasteiger partial charge in [0.05, 0.1) is 27.2 Å². The van der Waals surface area contributed by atoms with E-state index in [1.165, 1.54) is 27.4 Å². The summed E-state index contributed by atoms with van der Waals surface area (Å²) in [6, 6.07) is 17.5. The molecule has 0 unspecified atom stereocenters. The van der Waals surface area contributed by atoms with Crippen molar-refractivity contribution < 1.29 is 34.3 Å². The Balaban J connectivity index is 1.90. The fraction of sp³-hybridized carbons (Fsp3) is 0.321. The third-order valence-corrected chi connectivity index (χ3v) is 7.98. The van der Waals surface area contributed by atoms with Crippen LogP contribution >= 0.6 is 0 Å². The second-order valence-electron chi connectivity index (χ2n) is 9.43. The van der Waals surface area contributed by atoms with E-state index in [0.717, 1.165) is 5.56 Å². The van der Waals surface area contributed by atoms with Crippen LogP contribution in [0.1, 0.15) is 28.2 Å². The fourth-order valence-electron chi connectivity index (χ4n) is 6.60. The Morgan fingerprint density at radius 3 is 2.25 bits per heavy atom. The predicted octanol–water partition coefficient (Wildman–Crippen LogP) is 2.36. The Morgan fingerprint density at radius 2 is 1.67 bits per heavy atom. The van der Waals surface area contributed by atoms with Crippen molar-refractivity contribution in [3.8, 4) is 23.0 Å². The number of methoxy groups -OCH3 is 3. The molecule has 0 saturated heterocycles. The number of carbonyl (C=O) groups excluding carboxylic acids is 1. The largest absolute Gasteiger partial charge is 0.504 e. The number of fused-ring (bicyclic) bond motifs is 3. The first kappa shape index (κ1) is 24.0. The van der Waals surface area contributed by atoms with Crippen LogP contribution in [0, 0.1) is 5.92 Å². The van der Waals surface area contributed by atoms with E-state index in [-0.39, 0.29) is 17.9 Å². The molecule has 2 aliphatic carbocycles. The second kappa shape index (κ2) is 8.43. The molecule has 0 aromatic heterocycles. The molecule has 2 aliphatic rings. The summed E-state index contributed by atoms with van der Waals surface area (Å²) >= 11 is 0. The molecule has 1 fully saturated rings. The molecular weight excluding hydrogens is 462 g/mol. The number of aliphatic hydroxyl groups is 2. The van der Waals surface area contributed by atoms with E-state index in [0.29, 0.717) is 28.2 Å². The van der Waals surface area contributed by atoms with Crippen molar-refractivity contribution in [2.45, 2.75) is 29.5 Å². The van der Waals surface area contributed by atoms with Crippen LogP contribution in [0.4, 0.5) is 0 Å². The van der Waals surface area contributed by atoms with Gasteiger partial charge in [-0.2, -0.15) is 0 Å². The maximum atomic E-state index is 12.9. The molecule has 0 aliphatic heterocycles. The first-order valence-electron chi connectivity index (χ1n) is 11.6. The third-order valence-electron chi connectivity index (χ3n) is 7.98. The van der Waals surface area contributed by atoms with Gasteiger partial charge in [-0.1, -0.05) is 36.4 Å². The van der Waals surface area contributed by atoms with E-state index in [1.54, 1.807) is 24.3 Å². The number of aromatic hydroxyl groups is 1. The summed E-state index contributed by atoms with van der Waals surface area (Å²) in [7, 11) is 4.45. The predicted molar refractivity (Wildman–Crippen MR) is 131 cm³/mol. The van der Waals surface area contributed by atoms with Crippen LogP contribution in [0.3, 0.4) is 0 Å². The van der Waals surface area contributed by atoms with Crippen LogP contribution < -0.4 is 19.9 Å². The van der Waals surface area contributed by atoms with Gasteiger partial charge in [0.25, 0.3) is 0 Å². The molecule has 8 heteroatoms. The number of primary amides is 1. The van der Waals surface area contributed by atoms with Gasteiger partial charge >= 0.3 is 0 Å². The van der Waals surface area contributed by atoms with Crippen molar-refractivity contribution in [3.63, 3.8) is 0 Å². The molecular formula is C28H29NO7. The molecule has 3 aromatic rings. The van der Waals surface area contributed by atoms with Gasteiger partial charge in [-0.05, 0) is 41.3 Å². The van der Waals surface area contributed by atoms with E-state index in [1.807, 2.05) is 30.3 Å². The van der Waals surface area contributed by atoms with Crippen LogP contribution in [0.5, 0.6) is 23.0 Å². The number of benzene rings is 3. The molecule has 1 amide bonds. The maximum absolute atomic E-state index is 12.9. The molecule has 0 radical (unpaired) electrons. The molecule has 5 rings (SSSR count). The number of phenolic OH excluding ortho intramolecular Hbond substituents is 1. The molecule has 36 heavy (non-hydrogen) atoms. The zero-order valence-corrected chi connectivity index (χ0v) is 20.3. The minimum absolute atomic E-state index is 0.129. The third kappa shape index (κ3) is 2.98. The Morgan fingerprint density at radius 1 is 0.972 bits per heavy atom. The van der Waals surface area contributed by atoms with Crippen molar-refractivity contribution in [1.82, 2.24) is 0 Å². The monoisotopic (exact) mass is 491 g/mol. The summed E-state index contributed by atoms with van der Waals surface area (Å²) in [6.45, 7) is 0. The summed E-state index contributed by atoms with van der Waals surface area (Å²) in [5.41, 5.74) is 4.95. The Labute approximate surface area is 208 Å². The topological polar surface area (TPSA) is 131 Å². The molecule has 8 nitrogen and oxygen atoms in total. The van der Waals surface area contributed by atoms with Crippen LogP contribution in [0.25, 0.3) is 0 Å². The number of amides is 1. The molecule has 3 aromatic carbocycles. The molecule has 0 bridgehead atoms. The normalized spacial score (nSPS) is 28.3. The van der Waals surface area contributed by atoms with Gasteiger partial charge in [0.15, 0.2) is 11.5 Å². The first-order chi connectivity index (χ1) is 17.2. The number of nitrogens with two attached hydrogens (primary N) is 1. The van der Waals surface area contributed by atoms with Crippen LogP contribution in [0.15, 0.2) is 60.7 Å². The van der Waals surface area contributed by atoms with Gasteiger partial charge in [0, 0.05) is 23.0 Å². The highest BCUT2D eigenvalue weighted by atomic mass is 16.5. The summed E-state index contributed by atoms with van der Waals surface area (Å²) in [6.07, 6.45) is -1.34. The summed E-state index contributed by atoms with van der Waals surface area (Å²) in [5.74, 6) is -1.61. The highest BCUT2D eigenvalue weighted by Crippen LogP contribution is 2.70. The first-order valence-corrected chi connectivity index (χ1v) is 11.6. The lowest BCUT2D eigenvalue weighted by atomic mass is 9.62. The molecule has 188 valence electrons. The second-order valence-corrected chi connectivity index (χ2v) is 9.43. The van der Waals surface area contributed by atoms with E-state index in [9.17, 15) is 20.1 Å². The molecule has 0 heterocycles. The average Bonchev–Trinajstić information content (AvgIpc) is 3.26. The summed E-state index contributed by atoms with van der Waals surface area (Å²) in [4.78, 5) is 12.9. The van der Waals surface area contributed by atoms with Crippen molar-refractivity contribution in [2.75, 3.05) is 21.3 Å². The van der Waals surface area contributed by atoms with Gasteiger partial charge in [0.2, 0.25) is 5.91 Å². The number of ether oxygens (including phenoxy) is 3. The molecule has 0 spiro atoms. The number of hydrogen-bond donors (Lipinski definition) is 4. The zero-order valence-electron chi connectivity index (χ0n) is 20.3. The maximum Gasteiger partial charge on any atom is 0.223 e. The Bertz CT molecular complexity index is 1330. The lowest BCUT2D eigenvalue weighted by Gasteiger charge is -2.43. The summed E-state index contributed by atoms with van der Waals surface area (Å²) in [5, 5.41) is 35.2. The number of aliphatic hydroxyl groups excluding tert-OH is 1. The van der Waals surface area contributed by atoms with Gasteiger partial charge in [-0.25, -0.2) is 0 Å². The van der Waals surface area contributed by atoms with E-state index in [4.69, 9.17) is 19.9 Å². The van der Waals surface area contributed by atoms with Gasteiger partial charge < -0.3 is 35.3 Å². The highest BCUT2D eigenvalue weighted by Gasteiger charge is 2.75. The molecule has 1 saturated carbocycles. The fourth-order valence-corrected chi connectivity index (χ4v) is 6.60. The van der Waals surface area contributed by atoms with Crippen molar-refractivity contribution in [2.24, 2.45) is 11.7 Å². The quantitative estimate of drug-likeness (QED) is 0.416. The molecule has 5 N–H and O–H groups in total. The Kier molecular flexibility index (Phi) is 5.61. The number of hydrogen-bond acceptors (Lipinski definition) is 7. The van der Waals surface area contributed by atoms with E-state index in [2.05, 4.69) is 0 Å². The van der Waals surface area contributed by atoms with Crippen molar-refractivity contribution in [3.05, 3.63) is 82.9 Å². The lowest BCUT2D eigenvalue weighted by molar-refractivity contribution is -0.132. The zero-order chi connectivity index (χ0) is 25.8. The SMILES string of the molecule is COc1cc2c(c(OC)c1)[C@]1(O)[C@H](O)[C@H](C(N)=O)[C@@H](c3ccccc3)[C@]1(c1ccc(OC)c(O)c1)C2. The van der Waals surface area contributed by atoms with Crippen molar-refractivity contribution in [1.29, 1.82) is 0 Å². The van der Waals surface area contributed by atoms with Gasteiger partial charge in [-0.3, -0.25) is 4.79 Å². The number of carbonyl (C=O) groups is 1.